The molecule has 0 atom stereocenters. The summed E-state index contributed by atoms with van der Waals surface area (Å²) in [6.45, 7) is -0.737. The molecule has 0 aliphatic carbocycles. The molecule has 0 unspecified atom stereocenters. The SMILES string of the molecule is O=C(CN(Cc1ccc(Cl)c(Cl)c1)S(=O)(=O)c1ccc(Cl)cc1)Nc1ccc(Br)cc1F. The Morgan fingerprint density at radius 2 is 1.66 bits per heavy atom. The molecule has 5 nitrogen and oxygen atoms in total. The molecule has 32 heavy (non-hydrogen) atoms. The van der Waals surface area contributed by atoms with Crippen LogP contribution in [0.15, 0.2) is 70.0 Å². The molecule has 3 aromatic rings. The second-order valence-electron chi connectivity index (χ2n) is 6.65. The van der Waals surface area contributed by atoms with Crippen LogP contribution < -0.4 is 5.32 Å². The van der Waals surface area contributed by atoms with E-state index in [1.54, 1.807) is 12.1 Å². The number of hydrogen-bond donors (Lipinski definition) is 1. The van der Waals surface area contributed by atoms with E-state index in [-0.39, 0.29) is 22.2 Å². The number of sulfonamides is 1. The molecule has 0 bridgehead atoms. The van der Waals surface area contributed by atoms with Crippen molar-refractivity contribution in [2.45, 2.75) is 11.4 Å². The van der Waals surface area contributed by atoms with Crippen molar-refractivity contribution in [2.75, 3.05) is 11.9 Å². The Labute approximate surface area is 208 Å². The van der Waals surface area contributed by atoms with Crippen molar-refractivity contribution in [1.29, 1.82) is 0 Å². The number of anilines is 1. The monoisotopic (exact) mass is 578 g/mol. The number of halogens is 5. The van der Waals surface area contributed by atoms with Crippen LogP contribution in [0.5, 0.6) is 0 Å². The van der Waals surface area contributed by atoms with Gasteiger partial charge in [0, 0.05) is 16.0 Å². The molecule has 168 valence electrons. The number of nitrogens with one attached hydrogen (secondary N) is 1. The van der Waals surface area contributed by atoms with Crippen LogP contribution in [0.25, 0.3) is 0 Å². The Morgan fingerprint density at radius 1 is 0.969 bits per heavy atom. The fraction of sp³-hybridized carbons (Fsp3) is 0.0952. The molecule has 3 rings (SSSR count). The van der Waals surface area contributed by atoms with Crippen LogP contribution in [-0.4, -0.2) is 25.2 Å². The first kappa shape index (κ1) is 25.0. The van der Waals surface area contributed by atoms with Gasteiger partial charge in [0.05, 0.1) is 27.2 Å². The van der Waals surface area contributed by atoms with Crippen LogP contribution in [-0.2, 0) is 21.4 Å². The van der Waals surface area contributed by atoms with Crippen molar-refractivity contribution in [1.82, 2.24) is 4.31 Å². The maximum atomic E-state index is 14.1. The van der Waals surface area contributed by atoms with Crippen molar-refractivity contribution in [3.05, 3.63) is 91.6 Å². The Bertz CT molecular complexity index is 1260. The van der Waals surface area contributed by atoms with Gasteiger partial charge in [-0.3, -0.25) is 4.79 Å². The maximum Gasteiger partial charge on any atom is 0.243 e. The largest absolute Gasteiger partial charge is 0.322 e. The molecule has 0 spiro atoms. The lowest BCUT2D eigenvalue weighted by atomic mass is 10.2. The zero-order chi connectivity index (χ0) is 23.5. The molecule has 0 heterocycles. The van der Waals surface area contributed by atoms with Gasteiger partial charge >= 0.3 is 0 Å². The van der Waals surface area contributed by atoms with Gasteiger partial charge in [0.1, 0.15) is 5.82 Å². The Kier molecular flexibility index (Phi) is 8.19. The standard InChI is InChI=1S/C21H15BrCl3FN2O3S/c22-14-2-8-20(19(26)10-14)27-21(29)12-28(11-13-1-7-17(24)18(25)9-13)32(30,31)16-5-3-15(23)4-6-16/h1-10H,11-12H2,(H,27,29). The van der Waals surface area contributed by atoms with Crippen molar-refractivity contribution in [3.63, 3.8) is 0 Å². The van der Waals surface area contributed by atoms with Crippen LogP contribution >= 0.6 is 50.7 Å². The highest BCUT2D eigenvalue weighted by Crippen LogP contribution is 2.26. The van der Waals surface area contributed by atoms with Crippen LogP contribution in [0.3, 0.4) is 0 Å². The summed E-state index contributed by atoms with van der Waals surface area (Å²) in [6.07, 6.45) is 0. The number of benzene rings is 3. The average Bonchev–Trinajstić information content (AvgIpc) is 2.72. The number of rotatable bonds is 7. The molecule has 0 saturated carbocycles. The van der Waals surface area contributed by atoms with Gasteiger partial charge in [0.15, 0.2) is 0 Å². The summed E-state index contributed by atoms with van der Waals surface area (Å²) in [5, 5.41) is 3.32. The third-order valence-electron chi connectivity index (χ3n) is 4.32. The molecular formula is C21H15BrCl3FN2O3S. The van der Waals surface area contributed by atoms with Crippen LogP contribution in [0.2, 0.25) is 15.1 Å². The van der Waals surface area contributed by atoms with Crippen molar-refractivity contribution in [2.24, 2.45) is 0 Å². The minimum Gasteiger partial charge on any atom is -0.322 e. The lowest BCUT2D eigenvalue weighted by Gasteiger charge is -2.22. The van der Waals surface area contributed by atoms with E-state index in [1.807, 2.05) is 0 Å². The summed E-state index contributed by atoms with van der Waals surface area (Å²) in [6, 6.07) is 14.3. The van der Waals surface area contributed by atoms with Gasteiger partial charge in [-0.2, -0.15) is 4.31 Å². The van der Waals surface area contributed by atoms with E-state index in [0.717, 1.165) is 4.31 Å². The van der Waals surface area contributed by atoms with Gasteiger partial charge in [-0.1, -0.05) is 56.8 Å². The summed E-state index contributed by atoms with van der Waals surface area (Å²) >= 11 is 21.0. The van der Waals surface area contributed by atoms with Gasteiger partial charge in [-0.05, 0) is 60.2 Å². The number of amides is 1. The van der Waals surface area contributed by atoms with E-state index in [4.69, 9.17) is 34.8 Å². The topological polar surface area (TPSA) is 66.5 Å². The van der Waals surface area contributed by atoms with Crippen LogP contribution in [0, 0.1) is 5.82 Å². The number of carbonyl (C=O) groups excluding carboxylic acids is 1. The molecule has 0 fully saturated rings. The fourth-order valence-corrected chi connectivity index (χ4v) is 4.93. The van der Waals surface area contributed by atoms with Crippen molar-refractivity contribution >= 4 is 72.4 Å². The highest BCUT2D eigenvalue weighted by molar-refractivity contribution is 9.10. The molecule has 1 N–H and O–H groups in total. The van der Waals surface area contributed by atoms with Gasteiger partial charge < -0.3 is 5.32 Å². The Morgan fingerprint density at radius 3 is 2.28 bits per heavy atom. The zero-order valence-electron chi connectivity index (χ0n) is 16.2. The van der Waals surface area contributed by atoms with E-state index in [1.165, 1.54) is 48.5 Å². The molecule has 11 heteroatoms. The lowest BCUT2D eigenvalue weighted by Crippen LogP contribution is -2.37. The average molecular weight is 581 g/mol. The molecule has 0 saturated heterocycles. The second kappa shape index (κ2) is 10.5. The zero-order valence-corrected chi connectivity index (χ0v) is 20.8. The van der Waals surface area contributed by atoms with Gasteiger partial charge in [-0.25, -0.2) is 12.8 Å². The molecule has 0 aromatic heterocycles. The third kappa shape index (κ3) is 6.21. The summed E-state index contributed by atoms with van der Waals surface area (Å²) < 4.78 is 42.1. The molecule has 0 aliphatic rings. The highest BCUT2D eigenvalue weighted by Gasteiger charge is 2.27. The summed E-state index contributed by atoms with van der Waals surface area (Å²) in [4.78, 5) is 12.6. The fourth-order valence-electron chi connectivity index (χ4n) is 2.76. The van der Waals surface area contributed by atoms with E-state index < -0.39 is 28.3 Å². The Hall–Kier alpha value is -1.68. The first-order valence-corrected chi connectivity index (χ1v) is 12.4. The van der Waals surface area contributed by atoms with E-state index >= 15 is 0 Å². The van der Waals surface area contributed by atoms with Gasteiger partial charge in [-0.15, -0.1) is 0 Å². The molecule has 0 aliphatic heterocycles. The van der Waals surface area contributed by atoms with Crippen LogP contribution in [0.1, 0.15) is 5.56 Å². The maximum absolute atomic E-state index is 14.1. The smallest absolute Gasteiger partial charge is 0.243 e. The van der Waals surface area contributed by atoms with Gasteiger partial charge in [0.25, 0.3) is 0 Å². The predicted octanol–water partition coefficient (Wildman–Crippen LogP) is 6.38. The normalized spacial score (nSPS) is 11.6. The minimum atomic E-state index is -4.11. The summed E-state index contributed by atoms with van der Waals surface area (Å²) in [5.41, 5.74) is 0.441. The van der Waals surface area contributed by atoms with E-state index in [0.29, 0.717) is 20.1 Å². The number of carbonyl (C=O) groups is 1. The van der Waals surface area contributed by atoms with E-state index in [2.05, 4.69) is 21.2 Å². The van der Waals surface area contributed by atoms with Crippen molar-refractivity contribution < 1.29 is 17.6 Å². The minimum absolute atomic E-state index is 0.0513. The quantitative estimate of drug-likeness (QED) is 0.353. The van der Waals surface area contributed by atoms with Crippen LogP contribution in [0.4, 0.5) is 10.1 Å². The number of nitrogens with zero attached hydrogens (tertiary/aromatic N) is 1. The Balaban J connectivity index is 1.90. The third-order valence-corrected chi connectivity index (χ3v) is 7.61. The predicted molar refractivity (Wildman–Crippen MR) is 128 cm³/mol. The first-order valence-electron chi connectivity index (χ1n) is 9.01. The number of hydrogen-bond acceptors (Lipinski definition) is 3. The first-order chi connectivity index (χ1) is 15.1. The molecular weight excluding hydrogens is 566 g/mol. The lowest BCUT2D eigenvalue weighted by molar-refractivity contribution is -0.116. The summed E-state index contributed by atoms with van der Waals surface area (Å²) in [5.74, 6) is -1.38. The molecule has 1 amide bonds. The molecule has 0 radical (unpaired) electrons. The summed E-state index contributed by atoms with van der Waals surface area (Å²) in [7, 11) is -4.11. The van der Waals surface area contributed by atoms with E-state index in [9.17, 15) is 17.6 Å². The highest BCUT2D eigenvalue weighted by atomic mass is 79.9. The second-order valence-corrected chi connectivity index (χ2v) is 10.8. The van der Waals surface area contributed by atoms with Crippen molar-refractivity contribution in [3.8, 4) is 0 Å². The van der Waals surface area contributed by atoms with Gasteiger partial charge in [0.2, 0.25) is 15.9 Å². The molecule has 3 aromatic carbocycles.